The van der Waals surface area contributed by atoms with Crippen molar-refractivity contribution in [2.24, 2.45) is 5.41 Å². The topological polar surface area (TPSA) is 54.5 Å². The Morgan fingerprint density at radius 2 is 1.50 bits per heavy atom. The molecule has 1 heterocycles. The third-order valence-electron chi connectivity index (χ3n) is 3.02. The molecule has 0 saturated heterocycles. The Balaban J connectivity index is 2.27. The third kappa shape index (κ3) is 1.94. The standard InChI is InChI=1S/C14H15NO3/c1-14(2,3)11(16)8-15-12(17)9-6-4-5-7-10(9)13(15)18/h4-7H,8H2,1-3H3. The van der Waals surface area contributed by atoms with Crippen molar-refractivity contribution < 1.29 is 14.4 Å². The maximum atomic E-state index is 12.0. The van der Waals surface area contributed by atoms with Crippen molar-refractivity contribution in [2.75, 3.05) is 6.54 Å². The zero-order valence-corrected chi connectivity index (χ0v) is 10.7. The maximum Gasteiger partial charge on any atom is 0.261 e. The van der Waals surface area contributed by atoms with E-state index in [2.05, 4.69) is 0 Å². The van der Waals surface area contributed by atoms with Crippen molar-refractivity contribution in [3.63, 3.8) is 0 Å². The van der Waals surface area contributed by atoms with Crippen LogP contribution < -0.4 is 0 Å². The van der Waals surface area contributed by atoms with Gasteiger partial charge in [0.15, 0.2) is 5.78 Å². The zero-order chi connectivity index (χ0) is 13.5. The Kier molecular flexibility index (Phi) is 2.81. The number of amides is 2. The Morgan fingerprint density at radius 3 is 1.89 bits per heavy atom. The van der Waals surface area contributed by atoms with E-state index >= 15 is 0 Å². The zero-order valence-electron chi connectivity index (χ0n) is 10.7. The quantitative estimate of drug-likeness (QED) is 0.748. The Morgan fingerprint density at radius 1 is 1.06 bits per heavy atom. The monoisotopic (exact) mass is 245 g/mol. The number of imide groups is 1. The molecular weight excluding hydrogens is 230 g/mol. The van der Waals surface area contributed by atoms with Crippen LogP contribution in [0.4, 0.5) is 0 Å². The average Bonchev–Trinajstić information content (AvgIpc) is 2.54. The molecule has 4 heteroatoms. The summed E-state index contributed by atoms with van der Waals surface area (Å²) in [6, 6.07) is 6.63. The molecule has 0 aliphatic carbocycles. The van der Waals surface area contributed by atoms with Crippen LogP contribution in [0.15, 0.2) is 24.3 Å². The van der Waals surface area contributed by atoms with E-state index in [0.29, 0.717) is 11.1 Å². The van der Waals surface area contributed by atoms with E-state index in [0.717, 1.165) is 4.90 Å². The highest BCUT2D eigenvalue weighted by molar-refractivity contribution is 6.22. The number of hydrogen-bond donors (Lipinski definition) is 0. The van der Waals surface area contributed by atoms with E-state index in [-0.39, 0.29) is 24.1 Å². The smallest absolute Gasteiger partial charge is 0.261 e. The Hall–Kier alpha value is -1.97. The van der Waals surface area contributed by atoms with Gasteiger partial charge in [-0.1, -0.05) is 32.9 Å². The lowest BCUT2D eigenvalue weighted by atomic mass is 9.90. The van der Waals surface area contributed by atoms with Crippen LogP contribution in [0.1, 0.15) is 41.5 Å². The molecule has 0 radical (unpaired) electrons. The lowest BCUT2D eigenvalue weighted by Crippen LogP contribution is -2.39. The van der Waals surface area contributed by atoms with E-state index in [4.69, 9.17) is 0 Å². The SMILES string of the molecule is CC(C)(C)C(=O)CN1C(=O)c2ccccc2C1=O. The van der Waals surface area contributed by atoms with E-state index in [1.807, 2.05) is 0 Å². The summed E-state index contributed by atoms with van der Waals surface area (Å²) in [6.45, 7) is 5.16. The molecule has 2 rings (SSSR count). The lowest BCUT2D eigenvalue weighted by Gasteiger charge is -2.20. The fourth-order valence-electron chi connectivity index (χ4n) is 1.76. The molecule has 18 heavy (non-hydrogen) atoms. The van der Waals surface area contributed by atoms with Crippen LogP contribution in [-0.2, 0) is 4.79 Å². The molecule has 0 saturated carbocycles. The first-order chi connectivity index (χ1) is 8.32. The second kappa shape index (κ2) is 4.05. The predicted molar refractivity (Wildman–Crippen MR) is 66.3 cm³/mol. The summed E-state index contributed by atoms with van der Waals surface area (Å²) in [5, 5.41) is 0. The minimum atomic E-state index is -0.560. The summed E-state index contributed by atoms with van der Waals surface area (Å²) < 4.78 is 0. The summed E-state index contributed by atoms with van der Waals surface area (Å²) in [7, 11) is 0. The first-order valence-electron chi connectivity index (χ1n) is 5.81. The minimum Gasteiger partial charge on any atom is -0.297 e. The van der Waals surface area contributed by atoms with Crippen LogP contribution in [0.25, 0.3) is 0 Å². The number of ketones is 1. The van der Waals surface area contributed by atoms with Gasteiger partial charge >= 0.3 is 0 Å². The molecule has 0 bridgehead atoms. The van der Waals surface area contributed by atoms with E-state index < -0.39 is 5.41 Å². The van der Waals surface area contributed by atoms with Gasteiger partial charge in [0, 0.05) is 5.41 Å². The van der Waals surface area contributed by atoms with Crippen LogP contribution >= 0.6 is 0 Å². The molecule has 0 spiro atoms. The molecule has 0 unspecified atom stereocenters. The molecular formula is C14H15NO3. The Labute approximate surface area is 106 Å². The third-order valence-corrected chi connectivity index (χ3v) is 3.02. The van der Waals surface area contributed by atoms with Gasteiger partial charge in [-0.25, -0.2) is 0 Å². The number of Topliss-reactive ketones (excluding diaryl/α,β-unsaturated/α-hetero) is 1. The number of fused-ring (bicyclic) bond motifs is 1. The molecule has 0 N–H and O–H groups in total. The second-order valence-electron chi connectivity index (χ2n) is 5.42. The molecule has 4 nitrogen and oxygen atoms in total. The Bertz CT molecular complexity index is 505. The largest absolute Gasteiger partial charge is 0.297 e. The molecule has 1 aliphatic rings. The number of rotatable bonds is 2. The van der Waals surface area contributed by atoms with Crippen LogP contribution in [0.2, 0.25) is 0 Å². The molecule has 94 valence electrons. The summed E-state index contributed by atoms with van der Waals surface area (Å²) in [6.07, 6.45) is 0. The van der Waals surface area contributed by atoms with E-state index in [1.165, 1.54) is 0 Å². The highest BCUT2D eigenvalue weighted by atomic mass is 16.2. The molecule has 1 aromatic rings. The number of carbonyl (C=O) groups is 3. The van der Waals surface area contributed by atoms with Gasteiger partial charge in [-0.05, 0) is 12.1 Å². The van der Waals surface area contributed by atoms with Crippen molar-refractivity contribution in [1.82, 2.24) is 4.90 Å². The lowest BCUT2D eigenvalue weighted by molar-refractivity contribution is -0.126. The average molecular weight is 245 g/mol. The first-order valence-corrected chi connectivity index (χ1v) is 5.81. The number of benzene rings is 1. The summed E-state index contributed by atoms with van der Waals surface area (Å²) in [5.41, 5.74) is 0.198. The highest BCUT2D eigenvalue weighted by Gasteiger charge is 2.37. The molecule has 1 aliphatic heterocycles. The molecule has 1 aromatic carbocycles. The van der Waals surface area contributed by atoms with Crippen molar-refractivity contribution in [1.29, 1.82) is 0 Å². The van der Waals surface area contributed by atoms with Crippen LogP contribution in [0.3, 0.4) is 0 Å². The molecule has 0 aromatic heterocycles. The summed E-state index contributed by atoms with van der Waals surface area (Å²) in [5.74, 6) is -0.890. The van der Waals surface area contributed by atoms with Crippen molar-refractivity contribution in [3.8, 4) is 0 Å². The van der Waals surface area contributed by atoms with Gasteiger partial charge < -0.3 is 0 Å². The van der Waals surface area contributed by atoms with Gasteiger partial charge in [0.25, 0.3) is 11.8 Å². The molecule has 0 fully saturated rings. The van der Waals surface area contributed by atoms with Gasteiger partial charge in [0.1, 0.15) is 0 Å². The van der Waals surface area contributed by atoms with E-state index in [1.54, 1.807) is 45.0 Å². The van der Waals surface area contributed by atoms with Crippen LogP contribution in [0.5, 0.6) is 0 Å². The number of nitrogens with zero attached hydrogens (tertiary/aromatic N) is 1. The maximum absolute atomic E-state index is 12.0. The first kappa shape index (κ1) is 12.5. The fraction of sp³-hybridized carbons (Fsp3) is 0.357. The molecule has 2 amide bonds. The van der Waals surface area contributed by atoms with E-state index in [9.17, 15) is 14.4 Å². The van der Waals surface area contributed by atoms with Crippen molar-refractivity contribution >= 4 is 17.6 Å². The van der Waals surface area contributed by atoms with Gasteiger partial charge in [0.2, 0.25) is 0 Å². The highest BCUT2D eigenvalue weighted by Crippen LogP contribution is 2.24. The van der Waals surface area contributed by atoms with Crippen LogP contribution in [0, 0.1) is 5.41 Å². The minimum absolute atomic E-state index is 0.128. The number of carbonyl (C=O) groups excluding carboxylic acids is 3. The normalized spacial score (nSPS) is 14.9. The van der Waals surface area contributed by atoms with Crippen molar-refractivity contribution in [3.05, 3.63) is 35.4 Å². The van der Waals surface area contributed by atoms with Crippen molar-refractivity contribution in [2.45, 2.75) is 20.8 Å². The predicted octanol–water partition coefficient (Wildman–Crippen LogP) is 1.90. The van der Waals surface area contributed by atoms with Crippen LogP contribution in [-0.4, -0.2) is 29.0 Å². The second-order valence-corrected chi connectivity index (χ2v) is 5.42. The van der Waals surface area contributed by atoms with Gasteiger partial charge in [-0.2, -0.15) is 0 Å². The van der Waals surface area contributed by atoms with Gasteiger partial charge in [0.05, 0.1) is 17.7 Å². The van der Waals surface area contributed by atoms with Gasteiger partial charge in [-0.15, -0.1) is 0 Å². The number of hydrogen-bond acceptors (Lipinski definition) is 3. The summed E-state index contributed by atoms with van der Waals surface area (Å²) >= 11 is 0. The molecule has 0 atom stereocenters. The van der Waals surface area contributed by atoms with Gasteiger partial charge in [-0.3, -0.25) is 19.3 Å². The summed E-state index contributed by atoms with van der Waals surface area (Å²) in [4.78, 5) is 37.0. The fourth-order valence-corrected chi connectivity index (χ4v) is 1.76.